The molecule has 1 aliphatic heterocycles. The smallest absolute Gasteiger partial charge is 0.262 e. The molecule has 2 aromatic heterocycles. The van der Waals surface area contributed by atoms with Crippen molar-refractivity contribution >= 4 is 40.2 Å². The number of nitrogens with zero attached hydrogens (tertiary/aromatic N) is 2. The Balaban J connectivity index is 1.39. The van der Waals surface area contributed by atoms with Crippen LogP contribution in [-0.4, -0.2) is 46.4 Å². The largest absolute Gasteiger partial charge is 0.467 e. The summed E-state index contributed by atoms with van der Waals surface area (Å²) in [5.74, 6) is 0.158. The van der Waals surface area contributed by atoms with Crippen molar-refractivity contribution in [1.82, 2.24) is 14.9 Å². The number of aryl methyl sites for hydroxylation is 1. The molecule has 0 spiro atoms. The summed E-state index contributed by atoms with van der Waals surface area (Å²) in [5.41, 5.74) is 2.30. The van der Waals surface area contributed by atoms with E-state index in [2.05, 4.69) is 15.6 Å². The van der Waals surface area contributed by atoms with E-state index < -0.39 is 0 Å². The SMILES string of the molecule is Cc1ccc(NC(=O)CSc2nc3cc(C(=O)NCC4CCCO4)ccc3c(=O)n2Cc2ccco2)cc1. The number of thioether (sulfide) groups is 1. The summed E-state index contributed by atoms with van der Waals surface area (Å²) in [6, 6.07) is 15.9. The highest BCUT2D eigenvalue weighted by molar-refractivity contribution is 7.99. The predicted molar refractivity (Wildman–Crippen MR) is 146 cm³/mol. The summed E-state index contributed by atoms with van der Waals surface area (Å²) in [6.07, 6.45) is 3.49. The standard InChI is InChI=1S/C28H28N4O5S/c1-18-6-9-20(10-7-18)30-25(33)17-38-28-31-24-14-19(26(34)29-15-21-4-2-12-36-21)8-11-23(24)27(35)32(28)16-22-5-3-13-37-22/h3,5-11,13-14,21H,2,4,12,15-17H2,1H3,(H,29,34)(H,30,33). The molecular formula is C28H28N4O5S. The van der Waals surface area contributed by atoms with Crippen molar-refractivity contribution in [3.8, 4) is 0 Å². The lowest BCUT2D eigenvalue weighted by molar-refractivity contribution is -0.113. The van der Waals surface area contributed by atoms with Crippen LogP contribution in [0.4, 0.5) is 5.69 Å². The molecule has 1 fully saturated rings. The molecule has 196 valence electrons. The van der Waals surface area contributed by atoms with Crippen LogP contribution >= 0.6 is 11.8 Å². The van der Waals surface area contributed by atoms with E-state index in [9.17, 15) is 14.4 Å². The van der Waals surface area contributed by atoms with Gasteiger partial charge < -0.3 is 19.8 Å². The minimum atomic E-state index is -0.279. The first-order valence-electron chi connectivity index (χ1n) is 12.4. The lowest BCUT2D eigenvalue weighted by Gasteiger charge is -2.13. The number of hydrogen-bond donors (Lipinski definition) is 2. The van der Waals surface area contributed by atoms with Gasteiger partial charge in [0.05, 0.1) is 35.6 Å². The van der Waals surface area contributed by atoms with Gasteiger partial charge in [0.1, 0.15) is 5.76 Å². The lowest BCUT2D eigenvalue weighted by Crippen LogP contribution is -2.31. The molecule has 0 aliphatic carbocycles. The fourth-order valence-corrected chi connectivity index (χ4v) is 5.03. The predicted octanol–water partition coefficient (Wildman–Crippen LogP) is 3.99. The normalized spacial score (nSPS) is 15.0. The number of carbonyl (C=O) groups excluding carboxylic acids is 2. The highest BCUT2D eigenvalue weighted by Gasteiger charge is 2.19. The van der Waals surface area contributed by atoms with Crippen molar-refractivity contribution in [2.24, 2.45) is 0 Å². The zero-order valence-electron chi connectivity index (χ0n) is 20.9. The molecule has 0 saturated carbocycles. The Labute approximate surface area is 223 Å². The zero-order chi connectivity index (χ0) is 26.5. The van der Waals surface area contributed by atoms with Crippen LogP contribution in [0, 0.1) is 6.92 Å². The molecule has 2 amide bonds. The highest BCUT2D eigenvalue weighted by atomic mass is 32.2. The van der Waals surface area contributed by atoms with Gasteiger partial charge in [0.15, 0.2) is 5.16 Å². The Hall–Kier alpha value is -3.89. The van der Waals surface area contributed by atoms with Crippen molar-refractivity contribution < 1.29 is 18.7 Å². The third-order valence-electron chi connectivity index (χ3n) is 6.26. The Bertz CT molecular complexity index is 1490. The lowest BCUT2D eigenvalue weighted by atomic mass is 10.1. The second-order valence-corrected chi connectivity index (χ2v) is 10.1. The summed E-state index contributed by atoms with van der Waals surface area (Å²) >= 11 is 1.15. The summed E-state index contributed by atoms with van der Waals surface area (Å²) < 4.78 is 12.5. The number of aromatic nitrogens is 2. The summed E-state index contributed by atoms with van der Waals surface area (Å²) in [5, 5.41) is 6.49. The van der Waals surface area contributed by atoms with Gasteiger partial charge in [0, 0.05) is 24.4 Å². The summed E-state index contributed by atoms with van der Waals surface area (Å²) in [6.45, 7) is 3.30. The number of benzene rings is 2. The number of nitrogens with one attached hydrogen (secondary N) is 2. The first-order valence-corrected chi connectivity index (χ1v) is 13.4. The van der Waals surface area contributed by atoms with Crippen LogP contribution < -0.4 is 16.2 Å². The molecule has 9 nitrogen and oxygen atoms in total. The van der Waals surface area contributed by atoms with E-state index in [1.807, 2.05) is 31.2 Å². The number of carbonyl (C=O) groups is 2. The van der Waals surface area contributed by atoms with Gasteiger partial charge >= 0.3 is 0 Å². The number of hydrogen-bond acceptors (Lipinski definition) is 7. The third-order valence-corrected chi connectivity index (χ3v) is 7.23. The van der Waals surface area contributed by atoms with E-state index in [0.29, 0.717) is 46.2 Å². The first-order chi connectivity index (χ1) is 18.5. The minimum Gasteiger partial charge on any atom is -0.467 e. The maximum Gasteiger partial charge on any atom is 0.262 e. The molecule has 1 aliphatic rings. The van der Waals surface area contributed by atoms with Crippen molar-refractivity contribution in [3.63, 3.8) is 0 Å². The summed E-state index contributed by atoms with van der Waals surface area (Å²) in [7, 11) is 0. The molecule has 4 aromatic rings. The number of furan rings is 1. The number of anilines is 1. The van der Waals surface area contributed by atoms with Gasteiger partial charge in [-0.1, -0.05) is 29.5 Å². The van der Waals surface area contributed by atoms with Gasteiger partial charge in [-0.15, -0.1) is 0 Å². The second-order valence-electron chi connectivity index (χ2n) is 9.14. The van der Waals surface area contributed by atoms with Crippen LogP contribution in [0.15, 0.2) is 75.2 Å². The van der Waals surface area contributed by atoms with Gasteiger partial charge in [0.25, 0.3) is 11.5 Å². The topological polar surface area (TPSA) is 115 Å². The monoisotopic (exact) mass is 532 g/mol. The quantitative estimate of drug-likeness (QED) is 0.247. The van der Waals surface area contributed by atoms with Gasteiger partial charge in [-0.25, -0.2) is 4.98 Å². The Morgan fingerprint density at radius 3 is 2.74 bits per heavy atom. The molecule has 10 heteroatoms. The highest BCUT2D eigenvalue weighted by Crippen LogP contribution is 2.21. The van der Waals surface area contributed by atoms with E-state index in [4.69, 9.17) is 9.15 Å². The number of fused-ring (bicyclic) bond motifs is 1. The molecule has 5 rings (SSSR count). The van der Waals surface area contributed by atoms with E-state index in [0.717, 1.165) is 30.2 Å². The Kier molecular flexibility index (Phi) is 7.90. The van der Waals surface area contributed by atoms with E-state index >= 15 is 0 Å². The van der Waals surface area contributed by atoms with Crippen molar-refractivity contribution in [3.05, 3.63) is 88.1 Å². The zero-order valence-corrected chi connectivity index (χ0v) is 21.8. The Morgan fingerprint density at radius 2 is 2.00 bits per heavy atom. The first kappa shape index (κ1) is 25.7. The molecule has 2 aromatic carbocycles. The van der Waals surface area contributed by atoms with Crippen LogP contribution in [0.25, 0.3) is 10.9 Å². The molecule has 0 radical (unpaired) electrons. The molecular weight excluding hydrogens is 504 g/mol. The number of rotatable bonds is 9. The Morgan fingerprint density at radius 1 is 1.16 bits per heavy atom. The maximum absolute atomic E-state index is 13.5. The van der Waals surface area contributed by atoms with Crippen molar-refractivity contribution in [2.75, 3.05) is 24.2 Å². The molecule has 3 heterocycles. The molecule has 1 unspecified atom stereocenters. The minimum absolute atomic E-state index is 0.0281. The second kappa shape index (κ2) is 11.7. The van der Waals surface area contributed by atoms with E-state index in [1.54, 1.807) is 30.3 Å². The average Bonchev–Trinajstić information content (AvgIpc) is 3.63. The van der Waals surface area contributed by atoms with Gasteiger partial charge in [-0.3, -0.25) is 19.0 Å². The molecule has 0 bridgehead atoms. The number of amides is 2. The fourth-order valence-electron chi connectivity index (χ4n) is 4.23. The molecule has 1 saturated heterocycles. The van der Waals surface area contributed by atoms with Gasteiger partial charge in [-0.2, -0.15) is 0 Å². The fraction of sp³-hybridized carbons (Fsp3) is 0.286. The van der Waals surface area contributed by atoms with Gasteiger partial charge in [0.2, 0.25) is 5.91 Å². The van der Waals surface area contributed by atoms with Gasteiger partial charge in [-0.05, 0) is 62.2 Å². The van der Waals surface area contributed by atoms with Crippen LogP contribution in [0.3, 0.4) is 0 Å². The van der Waals surface area contributed by atoms with Crippen LogP contribution in [0.5, 0.6) is 0 Å². The van der Waals surface area contributed by atoms with Crippen LogP contribution in [-0.2, 0) is 16.1 Å². The van der Waals surface area contributed by atoms with E-state index in [1.165, 1.54) is 10.8 Å². The van der Waals surface area contributed by atoms with Crippen LogP contribution in [0.1, 0.15) is 34.5 Å². The molecule has 1 atom stereocenters. The third kappa shape index (κ3) is 6.15. The number of ether oxygens (including phenoxy) is 1. The average molecular weight is 533 g/mol. The maximum atomic E-state index is 13.5. The van der Waals surface area contributed by atoms with Crippen molar-refractivity contribution in [1.29, 1.82) is 0 Å². The summed E-state index contributed by atoms with van der Waals surface area (Å²) in [4.78, 5) is 43.6. The molecule has 2 N–H and O–H groups in total. The van der Waals surface area contributed by atoms with Crippen LogP contribution in [0.2, 0.25) is 0 Å². The van der Waals surface area contributed by atoms with E-state index in [-0.39, 0.29) is 35.8 Å². The van der Waals surface area contributed by atoms with Crippen molar-refractivity contribution in [2.45, 2.75) is 37.6 Å². The molecule has 38 heavy (non-hydrogen) atoms.